The van der Waals surface area contributed by atoms with Gasteiger partial charge in [0.2, 0.25) is 11.8 Å². The summed E-state index contributed by atoms with van der Waals surface area (Å²) in [6.45, 7) is -0.258. The van der Waals surface area contributed by atoms with Crippen LogP contribution in [0.1, 0.15) is 15.9 Å². The molecule has 1 heterocycles. The summed E-state index contributed by atoms with van der Waals surface area (Å²) in [5.74, 6) is -1.55. The van der Waals surface area contributed by atoms with Crippen molar-refractivity contribution >= 4 is 33.7 Å². The molecule has 0 unspecified atom stereocenters. The summed E-state index contributed by atoms with van der Waals surface area (Å²) < 4.78 is 0.577. The molecule has 1 aromatic carbocycles. The second-order valence-electron chi connectivity index (χ2n) is 5.23. The predicted molar refractivity (Wildman–Crippen MR) is 95.5 cm³/mol. The van der Waals surface area contributed by atoms with Crippen molar-refractivity contribution in [2.75, 3.05) is 6.54 Å². The number of benzene rings is 1. The second-order valence-corrected chi connectivity index (χ2v) is 5.98. The number of nitrogens with zero attached hydrogens (tertiary/aromatic N) is 1. The fourth-order valence-corrected chi connectivity index (χ4v) is 2.52. The maximum absolute atomic E-state index is 12.0. The van der Waals surface area contributed by atoms with Crippen molar-refractivity contribution in [2.45, 2.75) is 12.5 Å². The van der Waals surface area contributed by atoms with E-state index >= 15 is 0 Å². The van der Waals surface area contributed by atoms with Crippen molar-refractivity contribution < 1.29 is 14.4 Å². The van der Waals surface area contributed by atoms with E-state index in [1.807, 2.05) is 0 Å². The molecule has 2 aromatic rings. The number of hydrogen-bond donors (Lipinski definition) is 3. The Labute approximate surface area is 153 Å². The molecule has 0 aliphatic heterocycles. The first kappa shape index (κ1) is 18.6. The summed E-state index contributed by atoms with van der Waals surface area (Å²) in [6.07, 6.45) is 1.80. The standard InChI is InChI=1S/C17H17BrN4O3/c18-15-12(7-4-8-20-15)9-13(16(19)24)22-14(23)10-21-17(25)11-5-2-1-3-6-11/h1-8,13H,9-10H2,(H2,19,24)(H,21,25)(H,22,23)/t13-/m0/s1. The minimum atomic E-state index is -0.901. The third kappa shape index (κ3) is 5.68. The lowest BCUT2D eigenvalue weighted by Gasteiger charge is -2.16. The Kier molecular flexibility index (Phi) is 6.64. The molecule has 2 rings (SSSR count). The van der Waals surface area contributed by atoms with Gasteiger partial charge in [0.1, 0.15) is 10.6 Å². The maximum Gasteiger partial charge on any atom is 0.251 e. The van der Waals surface area contributed by atoms with Crippen LogP contribution in [-0.4, -0.2) is 35.3 Å². The summed E-state index contributed by atoms with van der Waals surface area (Å²) in [6, 6.07) is 11.1. The molecule has 0 radical (unpaired) electrons. The highest BCUT2D eigenvalue weighted by atomic mass is 79.9. The highest BCUT2D eigenvalue weighted by Gasteiger charge is 2.20. The Morgan fingerprint density at radius 1 is 1.12 bits per heavy atom. The van der Waals surface area contributed by atoms with Crippen LogP contribution in [0.15, 0.2) is 53.3 Å². The molecule has 0 fully saturated rings. The second kappa shape index (κ2) is 8.93. The maximum atomic E-state index is 12.0. The monoisotopic (exact) mass is 404 g/mol. The van der Waals surface area contributed by atoms with Gasteiger partial charge < -0.3 is 16.4 Å². The van der Waals surface area contributed by atoms with Gasteiger partial charge in [-0.05, 0) is 39.7 Å². The van der Waals surface area contributed by atoms with Gasteiger partial charge in [0.15, 0.2) is 0 Å². The number of carbonyl (C=O) groups excluding carboxylic acids is 3. The average Bonchev–Trinajstić information content (AvgIpc) is 2.61. The number of pyridine rings is 1. The van der Waals surface area contributed by atoms with Gasteiger partial charge in [-0.25, -0.2) is 4.98 Å². The molecule has 0 saturated heterocycles. The number of rotatable bonds is 7. The average molecular weight is 405 g/mol. The van der Waals surface area contributed by atoms with Crippen LogP contribution in [0.2, 0.25) is 0 Å². The molecule has 7 nitrogen and oxygen atoms in total. The summed E-state index contributed by atoms with van der Waals surface area (Å²) in [4.78, 5) is 39.6. The minimum absolute atomic E-state index is 0.197. The molecule has 0 spiro atoms. The molecule has 25 heavy (non-hydrogen) atoms. The Morgan fingerprint density at radius 3 is 2.48 bits per heavy atom. The van der Waals surface area contributed by atoms with Crippen LogP contribution in [0.3, 0.4) is 0 Å². The minimum Gasteiger partial charge on any atom is -0.368 e. The van der Waals surface area contributed by atoms with Gasteiger partial charge in [-0.3, -0.25) is 14.4 Å². The van der Waals surface area contributed by atoms with E-state index in [9.17, 15) is 14.4 Å². The Hall–Kier alpha value is -2.74. The summed E-state index contributed by atoms with van der Waals surface area (Å²) in [5, 5.41) is 5.02. The SMILES string of the molecule is NC(=O)[C@H](Cc1cccnc1Br)NC(=O)CNC(=O)c1ccccc1. The van der Waals surface area contributed by atoms with Gasteiger partial charge >= 0.3 is 0 Å². The number of hydrogen-bond acceptors (Lipinski definition) is 4. The molecular weight excluding hydrogens is 388 g/mol. The summed E-state index contributed by atoms with van der Waals surface area (Å²) in [7, 11) is 0. The van der Waals surface area contributed by atoms with Crippen molar-refractivity contribution in [1.29, 1.82) is 0 Å². The first-order valence-electron chi connectivity index (χ1n) is 7.48. The Balaban J connectivity index is 1.91. The molecular formula is C17H17BrN4O3. The van der Waals surface area contributed by atoms with Crippen LogP contribution < -0.4 is 16.4 Å². The summed E-state index contributed by atoms with van der Waals surface area (Å²) in [5.41, 5.74) is 6.53. The predicted octanol–water partition coefficient (Wildman–Crippen LogP) is 0.787. The lowest BCUT2D eigenvalue weighted by Crippen LogP contribution is -2.49. The number of primary amides is 1. The van der Waals surface area contributed by atoms with Crippen LogP contribution in [0.4, 0.5) is 0 Å². The van der Waals surface area contributed by atoms with Gasteiger partial charge in [0.05, 0.1) is 6.54 Å². The molecule has 0 saturated carbocycles. The Morgan fingerprint density at radius 2 is 1.84 bits per heavy atom. The largest absolute Gasteiger partial charge is 0.368 e. The van der Waals surface area contributed by atoms with E-state index in [-0.39, 0.29) is 18.9 Å². The lowest BCUT2D eigenvalue weighted by atomic mass is 10.1. The highest BCUT2D eigenvalue weighted by Crippen LogP contribution is 2.14. The number of nitrogens with two attached hydrogens (primary N) is 1. The van der Waals surface area contributed by atoms with E-state index in [4.69, 9.17) is 5.73 Å². The molecule has 0 aliphatic rings. The number of halogens is 1. The van der Waals surface area contributed by atoms with Crippen molar-refractivity contribution in [2.24, 2.45) is 5.73 Å². The highest BCUT2D eigenvalue weighted by molar-refractivity contribution is 9.10. The van der Waals surface area contributed by atoms with Crippen molar-refractivity contribution in [1.82, 2.24) is 15.6 Å². The third-order valence-electron chi connectivity index (χ3n) is 3.38. The van der Waals surface area contributed by atoms with Crippen LogP contribution in [0, 0.1) is 0 Å². The van der Waals surface area contributed by atoms with Gasteiger partial charge in [-0.15, -0.1) is 0 Å². The molecule has 0 aliphatic carbocycles. The number of carbonyl (C=O) groups is 3. The zero-order valence-electron chi connectivity index (χ0n) is 13.2. The molecule has 3 amide bonds. The topological polar surface area (TPSA) is 114 Å². The van der Waals surface area contributed by atoms with Gasteiger partial charge in [0, 0.05) is 18.2 Å². The first-order valence-corrected chi connectivity index (χ1v) is 8.28. The number of aromatic nitrogens is 1. The quantitative estimate of drug-likeness (QED) is 0.591. The van der Waals surface area contributed by atoms with Crippen molar-refractivity contribution in [3.8, 4) is 0 Å². The molecule has 1 aromatic heterocycles. The van der Waals surface area contributed by atoms with Gasteiger partial charge in [-0.1, -0.05) is 24.3 Å². The number of amides is 3. The molecule has 130 valence electrons. The van der Waals surface area contributed by atoms with E-state index in [1.54, 1.807) is 48.7 Å². The van der Waals surface area contributed by atoms with Crippen LogP contribution in [0.25, 0.3) is 0 Å². The first-order chi connectivity index (χ1) is 12.0. The van der Waals surface area contributed by atoms with Gasteiger partial charge in [0.25, 0.3) is 5.91 Å². The Bertz CT molecular complexity index is 767. The van der Waals surface area contributed by atoms with E-state index in [0.29, 0.717) is 10.2 Å². The van der Waals surface area contributed by atoms with Crippen LogP contribution in [0.5, 0.6) is 0 Å². The smallest absolute Gasteiger partial charge is 0.251 e. The zero-order chi connectivity index (χ0) is 18.2. The third-order valence-corrected chi connectivity index (χ3v) is 4.10. The van der Waals surface area contributed by atoms with Crippen molar-refractivity contribution in [3.05, 3.63) is 64.4 Å². The molecule has 4 N–H and O–H groups in total. The van der Waals surface area contributed by atoms with E-state index < -0.39 is 17.9 Å². The van der Waals surface area contributed by atoms with Crippen molar-refractivity contribution in [3.63, 3.8) is 0 Å². The molecule has 1 atom stereocenters. The fraction of sp³-hybridized carbons (Fsp3) is 0.176. The van der Waals surface area contributed by atoms with Crippen LogP contribution >= 0.6 is 15.9 Å². The molecule has 8 heteroatoms. The fourth-order valence-electron chi connectivity index (χ4n) is 2.11. The van der Waals surface area contributed by atoms with Crippen LogP contribution in [-0.2, 0) is 16.0 Å². The van der Waals surface area contributed by atoms with E-state index in [1.165, 1.54) is 0 Å². The summed E-state index contributed by atoms with van der Waals surface area (Å²) >= 11 is 3.28. The normalized spacial score (nSPS) is 11.4. The lowest BCUT2D eigenvalue weighted by molar-refractivity contribution is -0.126. The van der Waals surface area contributed by atoms with E-state index in [2.05, 4.69) is 31.5 Å². The number of nitrogens with one attached hydrogen (secondary N) is 2. The van der Waals surface area contributed by atoms with E-state index in [0.717, 1.165) is 5.56 Å². The van der Waals surface area contributed by atoms with Gasteiger partial charge in [-0.2, -0.15) is 0 Å². The zero-order valence-corrected chi connectivity index (χ0v) is 14.8. The molecule has 0 bridgehead atoms.